The monoisotopic (exact) mass is 370 g/mol. The Kier molecular flexibility index (Phi) is 8.18. The molecule has 0 saturated heterocycles. The normalized spacial score (nSPS) is 13.5. The summed E-state index contributed by atoms with van der Waals surface area (Å²) in [4.78, 5) is 12.0. The van der Waals surface area contributed by atoms with E-state index < -0.39 is 0 Å². The van der Waals surface area contributed by atoms with Gasteiger partial charge < -0.3 is 14.2 Å². The third-order valence-corrected chi connectivity index (χ3v) is 4.31. The highest BCUT2D eigenvalue weighted by atomic mass is 16.7. The van der Waals surface area contributed by atoms with Gasteiger partial charge in [-0.1, -0.05) is 34.9 Å². The molecule has 0 radical (unpaired) electrons. The number of esters is 1. The SMILES string of the molecule is CC(C)=CCC/C(C)=C/CC/C(C)=C/C(=O)OCc1ccc2c(c1)OCO2. The zero-order valence-corrected chi connectivity index (χ0v) is 16.8. The van der Waals surface area contributed by atoms with E-state index in [1.165, 1.54) is 11.1 Å². The fourth-order valence-electron chi connectivity index (χ4n) is 2.74. The number of hydrogen-bond acceptors (Lipinski definition) is 4. The van der Waals surface area contributed by atoms with Crippen molar-refractivity contribution in [2.45, 2.75) is 60.0 Å². The summed E-state index contributed by atoms with van der Waals surface area (Å²) in [5.74, 6) is 1.11. The third-order valence-electron chi connectivity index (χ3n) is 4.31. The van der Waals surface area contributed by atoms with Crippen molar-refractivity contribution in [3.8, 4) is 11.5 Å². The van der Waals surface area contributed by atoms with Crippen LogP contribution in [0, 0.1) is 0 Å². The van der Waals surface area contributed by atoms with Crippen molar-refractivity contribution in [3.05, 3.63) is 58.7 Å². The minimum absolute atomic E-state index is 0.225. The van der Waals surface area contributed by atoms with Crippen LogP contribution in [0.15, 0.2) is 53.1 Å². The first-order chi connectivity index (χ1) is 12.9. The van der Waals surface area contributed by atoms with Gasteiger partial charge in [0.05, 0.1) is 0 Å². The molecule has 0 amide bonds. The van der Waals surface area contributed by atoms with E-state index >= 15 is 0 Å². The molecule has 0 unspecified atom stereocenters. The quantitative estimate of drug-likeness (QED) is 0.309. The molecule has 2 rings (SSSR count). The molecule has 0 aromatic heterocycles. The van der Waals surface area contributed by atoms with Gasteiger partial charge in [-0.2, -0.15) is 0 Å². The molecular formula is C23H30O4. The van der Waals surface area contributed by atoms with Gasteiger partial charge in [0, 0.05) is 6.08 Å². The first kappa shape index (κ1) is 20.8. The number of carbonyl (C=O) groups is 1. The van der Waals surface area contributed by atoms with E-state index in [4.69, 9.17) is 14.2 Å². The van der Waals surface area contributed by atoms with Crippen molar-refractivity contribution in [1.29, 1.82) is 0 Å². The number of benzene rings is 1. The number of carbonyl (C=O) groups excluding carboxylic acids is 1. The molecule has 0 aliphatic carbocycles. The van der Waals surface area contributed by atoms with E-state index in [0.717, 1.165) is 42.6 Å². The van der Waals surface area contributed by atoms with Crippen LogP contribution in [0.1, 0.15) is 58.9 Å². The molecular weight excluding hydrogens is 340 g/mol. The van der Waals surface area contributed by atoms with Gasteiger partial charge in [0.15, 0.2) is 11.5 Å². The lowest BCUT2D eigenvalue weighted by atomic mass is 10.1. The summed E-state index contributed by atoms with van der Waals surface area (Å²) < 4.78 is 15.9. The number of ether oxygens (including phenoxy) is 3. The first-order valence-corrected chi connectivity index (χ1v) is 9.45. The molecule has 0 atom stereocenters. The Bertz CT molecular complexity index is 737. The Hall–Kier alpha value is -2.49. The van der Waals surface area contributed by atoms with Crippen molar-refractivity contribution >= 4 is 5.97 Å². The lowest BCUT2D eigenvalue weighted by Gasteiger charge is -2.05. The van der Waals surface area contributed by atoms with E-state index in [9.17, 15) is 4.79 Å². The molecule has 1 heterocycles. The van der Waals surface area contributed by atoms with Crippen molar-refractivity contribution in [1.82, 2.24) is 0 Å². The maximum absolute atomic E-state index is 12.0. The molecule has 146 valence electrons. The fourth-order valence-corrected chi connectivity index (χ4v) is 2.74. The second-order valence-corrected chi connectivity index (χ2v) is 7.20. The van der Waals surface area contributed by atoms with Crippen molar-refractivity contribution in [2.24, 2.45) is 0 Å². The van der Waals surface area contributed by atoms with Crippen LogP contribution in [0.4, 0.5) is 0 Å². The van der Waals surface area contributed by atoms with Crippen LogP contribution in [0.25, 0.3) is 0 Å². The maximum Gasteiger partial charge on any atom is 0.331 e. The second-order valence-electron chi connectivity index (χ2n) is 7.20. The van der Waals surface area contributed by atoms with Gasteiger partial charge in [0.25, 0.3) is 0 Å². The average molecular weight is 370 g/mol. The van der Waals surface area contributed by atoms with Gasteiger partial charge in [0.1, 0.15) is 6.61 Å². The summed E-state index contributed by atoms with van der Waals surface area (Å²) >= 11 is 0. The highest BCUT2D eigenvalue weighted by Gasteiger charge is 2.13. The van der Waals surface area contributed by atoms with E-state index in [2.05, 4.69) is 32.9 Å². The smallest absolute Gasteiger partial charge is 0.331 e. The van der Waals surface area contributed by atoms with Crippen molar-refractivity contribution in [3.63, 3.8) is 0 Å². The Morgan fingerprint density at radius 3 is 2.48 bits per heavy atom. The number of fused-ring (bicyclic) bond motifs is 1. The van der Waals surface area contributed by atoms with Crippen molar-refractivity contribution < 1.29 is 19.0 Å². The van der Waals surface area contributed by atoms with Crippen LogP contribution in [0.2, 0.25) is 0 Å². The van der Waals surface area contributed by atoms with Crippen LogP contribution >= 0.6 is 0 Å². The molecule has 4 nitrogen and oxygen atoms in total. The molecule has 1 aliphatic rings. The summed E-state index contributed by atoms with van der Waals surface area (Å²) in [5.41, 5.74) is 4.67. The largest absolute Gasteiger partial charge is 0.458 e. The molecule has 0 bridgehead atoms. The summed E-state index contributed by atoms with van der Waals surface area (Å²) in [6.45, 7) is 8.84. The predicted octanol–water partition coefficient (Wildman–Crippen LogP) is 5.88. The van der Waals surface area contributed by atoms with Gasteiger partial charge in [-0.25, -0.2) is 4.79 Å². The highest BCUT2D eigenvalue weighted by molar-refractivity contribution is 5.82. The number of hydrogen-bond donors (Lipinski definition) is 0. The van der Waals surface area contributed by atoms with E-state index in [0.29, 0.717) is 5.75 Å². The summed E-state index contributed by atoms with van der Waals surface area (Å²) in [7, 11) is 0. The van der Waals surface area contributed by atoms with Crippen LogP contribution in [-0.2, 0) is 16.1 Å². The fraction of sp³-hybridized carbons (Fsp3) is 0.435. The predicted molar refractivity (Wildman–Crippen MR) is 108 cm³/mol. The zero-order valence-electron chi connectivity index (χ0n) is 16.8. The first-order valence-electron chi connectivity index (χ1n) is 9.45. The number of rotatable bonds is 9. The number of allylic oxidation sites excluding steroid dienone is 5. The van der Waals surface area contributed by atoms with Crippen LogP contribution in [0.5, 0.6) is 11.5 Å². The standard InChI is InChI=1S/C23H30O4/c1-17(2)7-5-8-18(3)9-6-10-19(4)13-23(24)25-15-20-11-12-21-22(14-20)27-16-26-21/h7,9,11-14H,5-6,8,10,15-16H2,1-4H3/b18-9+,19-13+. The molecule has 0 saturated carbocycles. The second kappa shape index (κ2) is 10.6. The van der Waals surface area contributed by atoms with E-state index in [1.54, 1.807) is 6.08 Å². The summed E-state index contributed by atoms with van der Waals surface area (Å²) in [6, 6.07) is 5.55. The summed E-state index contributed by atoms with van der Waals surface area (Å²) in [5, 5.41) is 0. The lowest BCUT2D eigenvalue weighted by molar-refractivity contribution is -0.139. The van der Waals surface area contributed by atoms with E-state index in [1.807, 2.05) is 25.1 Å². The zero-order chi connectivity index (χ0) is 19.6. The van der Waals surface area contributed by atoms with Crippen LogP contribution in [0.3, 0.4) is 0 Å². The Morgan fingerprint density at radius 1 is 1.00 bits per heavy atom. The molecule has 0 N–H and O–H groups in total. The third kappa shape index (κ3) is 7.73. The van der Waals surface area contributed by atoms with Gasteiger partial charge in [-0.15, -0.1) is 0 Å². The molecule has 0 spiro atoms. The highest BCUT2D eigenvalue weighted by Crippen LogP contribution is 2.32. The van der Waals surface area contributed by atoms with Gasteiger partial charge >= 0.3 is 5.97 Å². The summed E-state index contributed by atoms with van der Waals surface area (Å²) in [6.07, 6.45) is 10.1. The van der Waals surface area contributed by atoms with E-state index in [-0.39, 0.29) is 19.4 Å². The van der Waals surface area contributed by atoms with Gasteiger partial charge in [-0.3, -0.25) is 0 Å². The van der Waals surface area contributed by atoms with Gasteiger partial charge in [-0.05, 0) is 71.1 Å². The molecule has 1 aliphatic heterocycles. The molecule has 1 aromatic carbocycles. The Balaban J connectivity index is 1.71. The molecule has 0 fully saturated rings. The molecule has 4 heteroatoms. The maximum atomic E-state index is 12.0. The minimum atomic E-state index is -0.311. The molecule has 1 aromatic rings. The topological polar surface area (TPSA) is 44.8 Å². The lowest BCUT2D eigenvalue weighted by Crippen LogP contribution is -2.02. The minimum Gasteiger partial charge on any atom is -0.458 e. The van der Waals surface area contributed by atoms with Crippen molar-refractivity contribution in [2.75, 3.05) is 6.79 Å². The Morgan fingerprint density at radius 2 is 1.70 bits per heavy atom. The molecule has 27 heavy (non-hydrogen) atoms. The Labute approximate surface area is 162 Å². The van der Waals surface area contributed by atoms with Gasteiger partial charge in [0.2, 0.25) is 6.79 Å². The van der Waals surface area contributed by atoms with Crippen LogP contribution in [-0.4, -0.2) is 12.8 Å². The van der Waals surface area contributed by atoms with Crippen LogP contribution < -0.4 is 9.47 Å². The average Bonchev–Trinajstić information content (AvgIpc) is 3.07.